The van der Waals surface area contributed by atoms with Gasteiger partial charge in [-0.2, -0.15) is 5.10 Å². The molecule has 0 amide bonds. The van der Waals surface area contributed by atoms with Crippen LogP contribution in [0.3, 0.4) is 0 Å². The van der Waals surface area contributed by atoms with Gasteiger partial charge in [-0.05, 0) is 13.8 Å². The summed E-state index contributed by atoms with van der Waals surface area (Å²) >= 11 is 1.61. The third-order valence-corrected chi connectivity index (χ3v) is 2.98. The van der Waals surface area contributed by atoms with Gasteiger partial charge in [-0.25, -0.2) is 4.98 Å². The van der Waals surface area contributed by atoms with Crippen molar-refractivity contribution in [2.24, 2.45) is 7.05 Å². The lowest BCUT2D eigenvalue weighted by atomic mass is 10.2. The summed E-state index contributed by atoms with van der Waals surface area (Å²) in [6.07, 6.45) is 0. The molecule has 0 saturated heterocycles. The zero-order valence-corrected chi connectivity index (χ0v) is 9.88. The Hall–Kier alpha value is -1.36. The van der Waals surface area contributed by atoms with Gasteiger partial charge >= 0.3 is 0 Å². The topological polar surface area (TPSA) is 42.7 Å². The monoisotopic (exact) mass is 222 g/mol. The molecule has 5 heteroatoms. The Balaban J connectivity index is 2.09. The summed E-state index contributed by atoms with van der Waals surface area (Å²) in [5.41, 5.74) is 4.04. The van der Waals surface area contributed by atoms with Crippen LogP contribution in [0.15, 0.2) is 17.0 Å². The summed E-state index contributed by atoms with van der Waals surface area (Å²) in [6, 6.07) is 2.23. The molecule has 0 aromatic carbocycles. The van der Waals surface area contributed by atoms with Crippen LogP contribution in [0.1, 0.15) is 24.4 Å². The van der Waals surface area contributed by atoms with Crippen LogP contribution in [-0.2, 0) is 7.05 Å². The molecule has 1 atom stereocenters. The highest BCUT2D eigenvalue weighted by molar-refractivity contribution is 7.07. The zero-order chi connectivity index (χ0) is 10.8. The summed E-state index contributed by atoms with van der Waals surface area (Å²) in [7, 11) is 1.94. The highest BCUT2D eigenvalue weighted by Gasteiger charge is 2.09. The summed E-state index contributed by atoms with van der Waals surface area (Å²) in [5.74, 6) is 0.899. The van der Waals surface area contributed by atoms with Crippen molar-refractivity contribution in [2.75, 3.05) is 5.32 Å². The second-order valence-corrected chi connectivity index (χ2v) is 4.29. The molecule has 0 spiro atoms. The van der Waals surface area contributed by atoms with Gasteiger partial charge in [0.1, 0.15) is 5.82 Å². The maximum Gasteiger partial charge on any atom is 0.148 e. The highest BCUT2D eigenvalue weighted by Crippen LogP contribution is 2.18. The van der Waals surface area contributed by atoms with E-state index in [4.69, 9.17) is 0 Å². The van der Waals surface area contributed by atoms with Crippen molar-refractivity contribution in [2.45, 2.75) is 19.9 Å². The van der Waals surface area contributed by atoms with Crippen LogP contribution in [0.4, 0.5) is 5.82 Å². The number of thiazole rings is 1. The van der Waals surface area contributed by atoms with Gasteiger partial charge in [0.2, 0.25) is 0 Å². The predicted molar refractivity (Wildman–Crippen MR) is 62.1 cm³/mol. The van der Waals surface area contributed by atoms with E-state index >= 15 is 0 Å². The molecular weight excluding hydrogens is 208 g/mol. The molecule has 0 aliphatic carbocycles. The van der Waals surface area contributed by atoms with E-state index in [9.17, 15) is 0 Å². The number of rotatable bonds is 3. The van der Waals surface area contributed by atoms with Crippen molar-refractivity contribution in [3.63, 3.8) is 0 Å². The zero-order valence-electron chi connectivity index (χ0n) is 9.06. The second-order valence-electron chi connectivity index (χ2n) is 3.57. The van der Waals surface area contributed by atoms with E-state index in [0.29, 0.717) is 0 Å². The molecule has 0 radical (unpaired) electrons. The number of nitrogens with zero attached hydrogens (tertiary/aromatic N) is 3. The number of hydrogen-bond acceptors (Lipinski definition) is 4. The minimum Gasteiger partial charge on any atom is -0.360 e. The molecule has 15 heavy (non-hydrogen) atoms. The standard InChI is InChI=1S/C10H14N4S/c1-7-4-10(13-14(7)3)12-8(2)9-5-15-6-11-9/h4-6,8H,1-3H3,(H,12,13). The lowest BCUT2D eigenvalue weighted by Crippen LogP contribution is -2.07. The molecule has 2 rings (SSSR count). The van der Waals surface area contributed by atoms with Crippen LogP contribution in [-0.4, -0.2) is 14.8 Å². The Kier molecular flexibility index (Phi) is 2.73. The highest BCUT2D eigenvalue weighted by atomic mass is 32.1. The number of aromatic nitrogens is 3. The Labute approximate surface area is 93.0 Å². The van der Waals surface area contributed by atoms with Crippen molar-refractivity contribution in [3.05, 3.63) is 28.3 Å². The molecule has 0 saturated carbocycles. The van der Waals surface area contributed by atoms with Crippen LogP contribution in [0.25, 0.3) is 0 Å². The minimum absolute atomic E-state index is 0.200. The first-order chi connectivity index (χ1) is 7.16. The average Bonchev–Trinajstić information content (AvgIpc) is 2.77. The van der Waals surface area contributed by atoms with E-state index in [1.165, 1.54) is 0 Å². The van der Waals surface area contributed by atoms with Crippen molar-refractivity contribution in [1.29, 1.82) is 0 Å². The van der Waals surface area contributed by atoms with Gasteiger partial charge in [-0.15, -0.1) is 11.3 Å². The molecule has 0 fully saturated rings. The average molecular weight is 222 g/mol. The van der Waals surface area contributed by atoms with Crippen molar-refractivity contribution in [1.82, 2.24) is 14.8 Å². The Morgan fingerprint density at radius 2 is 2.33 bits per heavy atom. The molecule has 4 nitrogen and oxygen atoms in total. The molecule has 2 heterocycles. The fourth-order valence-corrected chi connectivity index (χ4v) is 2.01. The van der Waals surface area contributed by atoms with Crippen LogP contribution < -0.4 is 5.32 Å². The SMILES string of the molecule is Cc1cc(NC(C)c2cscn2)nn1C. The summed E-state index contributed by atoms with van der Waals surface area (Å²) in [4.78, 5) is 4.26. The minimum atomic E-state index is 0.200. The summed E-state index contributed by atoms with van der Waals surface area (Å²) in [6.45, 7) is 4.12. The third-order valence-electron chi connectivity index (χ3n) is 2.37. The van der Waals surface area contributed by atoms with Crippen LogP contribution in [0, 0.1) is 6.92 Å². The number of nitrogens with one attached hydrogen (secondary N) is 1. The molecule has 0 aliphatic heterocycles. The fourth-order valence-electron chi connectivity index (χ4n) is 1.36. The number of anilines is 1. The van der Waals surface area contributed by atoms with Crippen LogP contribution in [0.2, 0.25) is 0 Å². The summed E-state index contributed by atoms with van der Waals surface area (Å²) in [5, 5.41) is 9.71. The number of hydrogen-bond donors (Lipinski definition) is 1. The second kappa shape index (κ2) is 4.02. The van der Waals surface area contributed by atoms with Crippen LogP contribution >= 0.6 is 11.3 Å². The molecule has 0 aliphatic rings. The quantitative estimate of drug-likeness (QED) is 0.867. The Morgan fingerprint density at radius 1 is 1.53 bits per heavy atom. The van der Waals surface area contributed by atoms with E-state index in [0.717, 1.165) is 17.2 Å². The first-order valence-corrected chi connectivity index (χ1v) is 5.76. The lowest BCUT2D eigenvalue weighted by Gasteiger charge is -2.09. The van der Waals surface area contributed by atoms with E-state index in [-0.39, 0.29) is 6.04 Å². The van der Waals surface area contributed by atoms with Gasteiger partial charge in [-0.1, -0.05) is 0 Å². The van der Waals surface area contributed by atoms with E-state index in [2.05, 4.69) is 22.3 Å². The molecule has 1 N–H and O–H groups in total. The predicted octanol–water partition coefficient (Wildman–Crippen LogP) is 2.36. The molecule has 2 aromatic rings. The van der Waals surface area contributed by atoms with Gasteiger partial charge in [0.15, 0.2) is 0 Å². The largest absolute Gasteiger partial charge is 0.360 e. The third kappa shape index (κ3) is 2.18. The Bertz CT molecular complexity index is 413. The molecule has 80 valence electrons. The van der Waals surface area contributed by atoms with Gasteiger partial charge in [0.25, 0.3) is 0 Å². The van der Waals surface area contributed by atoms with Crippen molar-refractivity contribution < 1.29 is 0 Å². The molecule has 1 unspecified atom stereocenters. The fraction of sp³-hybridized carbons (Fsp3) is 0.400. The van der Waals surface area contributed by atoms with Crippen LogP contribution in [0.5, 0.6) is 0 Å². The smallest absolute Gasteiger partial charge is 0.148 e. The molecule has 2 aromatic heterocycles. The first-order valence-electron chi connectivity index (χ1n) is 4.82. The van der Waals surface area contributed by atoms with Gasteiger partial charge in [-0.3, -0.25) is 4.68 Å². The van der Waals surface area contributed by atoms with E-state index in [1.54, 1.807) is 11.3 Å². The van der Waals surface area contributed by atoms with Crippen molar-refractivity contribution in [3.8, 4) is 0 Å². The van der Waals surface area contributed by atoms with Crippen molar-refractivity contribution >= 4 is 17.2 Å². The summed E-state index contributed by atoms with van der Waals surface area (Å²) < 4.78 is 1.86. The Morgan fingerprint density at radius 3 is 2.87 bits per heavy atom. The van der Waals surface area contributed by atoms with Gasteiger partial charge < -0.3 is 5.32 Å². The van der Waals surface area contributed by atoms with E-state index in [1.807, 2.05) is 35.6 Å². The lowest BCUT2D eigenvalue weighted by molar-refractivity contribution is 0.734. The first kappa shape index (κ1) is 10.2. The maximum absolute atomic E-state index is 4.34. The van der Waals surface area contributed by atoms with Gasteiger partial charge in [0.05, 0.1) is 17.2 Å². The molecular formula is C10H14N4S. The maximum atomic E-state index is 4.34. The van der Waals surface area contributed by atoms with E-state index < -0.39 is 0 Å². The van der Waals surface area contributed by atoms with Gasteiger partial charge in [0, 0.05) is 24.2 Å². The number of aryl methyl sites for hydroxylation is 2. The molecule has 0 bridgehead atoms. The normalized spacial score (nSPS) is 12.7.